The normalized spacial score (nSPS) is 19.5. The van der Waals surface area contributed by atoms with E-state index in [0.29, 0.717) is 0 Å². The molecule has 0 radical (unpaired) electrons. The summed E-state index contributed by atoms with van der Waals surface area (Å²) in [7, 11) is 0. The molecule has 0 saturated carbocycles. The predicted molar refractivity (Wildman–Crippen MR) is 43.0 cm³/mol. The van der Waals surface area contributed by atoms with Crippen LogP contribution in [0, 0.1) is 5.92 Å². The van der Waals surface area contributed by atoms with E-state index < -0.39 is 0 Å². The number of rotatable bonds is 2. The highest BCUT2D eigenvalue weighted by molar-refractivity contribution is 4.66. The van der Waals surface area contributed by atoms with Crippen molar-refractivity contribution in [2.45, 2.75) is 26.7 Å². The van der Waals surface area contributed by atoms with Gasteiger partial charge in [-0.3, -0.25) is 4.70 Å². The highest BCUT2D eigenvalue weighted by Gasteiger charge is 2.11. The molecule has 10 heavy (non-hydrogen) atoms. The minimum Gasteiger partial charge on any atom is -0.303 e. The first-order chi connectivity index (χ1) is 4.29. The molecule has 0 aromatic carbocycles. The average molecular weight is 147 g/mol. The number of nitrogens with zero attached hydrogens (tertiary/aromatic N) is 1. The van der Waals surface area contributed by atoms with Gasteiger partial charge in [-0.1, -0.05) is 13.8 Å². The van der Waals surface area contributed by atoms with Crippen LogP contribution in [-0.4, -0.2) is 24.5 Å². The van der Waals surface area contributed by atoms with Gasteiger partial charge in [0.25, 0.3) is 0 Å². The van der Waals surface area contributed by atoms with E-state index in [1.165, 1.54) is 32.5 Å². The molecule has 0 aliphatic carbocycles. The number of halogens is 1. The molecule has 1 aliphatic heterocycles. The first kappa shape index (κ1) is 9.89. The lowest BCUT2D eigenvalue weighted by atomic mass is 10.2. The van der Waals surface area contributed by atoms with Gasteiger partial charge in [-0.25, -0.2) is 0 Å². The van der Waals surface area contributed by atoms with E-state index in [1.54, 1.807) is 0 Å². The van der Waals surface area contributed by atoms with Gasteiger partial charge in [-0.2, -0.15) is 0 Å². The first-order valence-electron chi connectivity index (χ1n) is 4.01. The molecule has 1 nitrogen and oxygen atoms in total. The highest BCUT2D eigenvalue weighted by Crippen LogP contribution is 2.09. The van der Waals surface area contributed by atoms with Crippen molar-refractivity contribution in [3.8, 4) is 0 Å². The highest BCUT2D eigenvalue weighted by atomic mass is 19.0. The van der Waals surface area contributed by atoms with Gasteiger partial charge >= 0.3 is 0 Å². The molecule has 1 heterocycles. The molecule has 1 aliphatic rings. The molecule has 0 N–H and O–H groups in total. The predicted octanol–water partition coefficient (Wildman–Crippen LogP) is 1.89. The molecule has 0 atom stereocenters. The summed E-state index contributed by atoms with van der Waals surface area (Å²) >= 11 is 0. The molecule has 62 valence electrons. The third-order valence-corrected chi connectivity index (χ3v) is 1.82. The smallest absolute Gasteiger partial charge is 0.000438 e. The molecule has 0 spiro atoms. The minimum absolute atomic E-state index is 0. The Bertz CT molecular complexity index is 77.3. The van der Waals surface area contributed by atoms with Gasteiger partial charge in [0.05, 0.1) is 0 Å². The maximum absolute atomic E-state index is 2.56. The Labute approximate surface area is 62.8 Å². The SMILES string of the molecule is CC(C)CN1CCCC1.F. The van der Waals surface area contributed by atoms with Crippen LogP contribution in [0.1, 0.15) is 26.7 Å². The van der Waals surface area contributed by atoms with Crippen molar-refractivity contribution in [2.75, 3.05) is 19.6 Å². The summed E-state index contributed by atoms with van der Waals surface area (Å²) < 4.78 is 0. The Hall–Kier alpha value is -0.110. The fraction of sp³-hybridized carbons (Fsp3) is 1.00. The number of likely N-dealkylation sites (tertiary alicyclic amines) is 1. The lowest BCUT2D eigenvalue weighted by Gasteiger charge is -2.16. The Morgan fingerprint density at radius 1 is 1.20 bits per heavy atom. The largest absolute Gasteiger partial charge is 0.303 e. The van der Waals surface area contributed by atoms with Crippen LogP contribution in [0.5, 0.6) is 0 Å². The van der Waals surface area contributed by atoms with Crippen molar-refractivity contribution >= 4 is 0 Å². The van der Waals surface area contributed by atoms with Crippen molar-refractivity contribution in [2.24, 2.45) is 5.92 Å². The summed E-state index contributed by atoms with van der Waals surface area (Å²) in [6.07, 6.45) is 2.85. The maximum Gasteiger partial charge on any atom is 0.000438 e. The molecule has 0 aromatic rings. The van der Waals surface area contributed by atoms with E-state index in [2.05, 4.69) is 18.7 Å². The second-order valence-corrected chi connectivity index (χ2v) is 3.40. The summed E-state index contributed by atoms with van der Waals surface area (Å²) in [6.45, 7) is 8.58. The fourth-order valence-electron chi connectivity index (χ4n) is 1.48. The maximum atomic E-state index is 2.56. The van der Waals surface area contributed by atoms with Crippen molar-refractivity contribution in [3.63, 3.8) is 0 Å². The summed E-state index contributed by atoms with van der Waals surface area (Å²) in [5.41, 5.74) is 0. The first-order valence-corrected chi connectivity index (χ1v) is 4.01. The van der Waals surface area contributed by atoms with Gasteiger partial charge in [0, 0.05) is 6.54 Å². The van der Waals surface area contributed by atoms with E-state index in [1.807, 2.05) is 0 Å². The third-order valence-electron chi connectivity index (χ3n) is 1.82. The Morgan fingerprint density at radius 3 is 2.10 bits per heavy atom. The molecule has 1 saturated heterocycles. The minimum atomic E-state index is 0. The van der Waals surface area contributed by atoms with Crippen LogP contribution in [0.3, 0.4) is 0 Å². The van der Waals surface area contributed by atoms with Gasteiger partial charge in [-0.05, 0) is 31.8 Å². The Kier molecular flexibility index (Phi) is 4.62. The van der Waals surface area contributed by atoms with Crippen LogP contribution in [0.4, 0.5) is 4.70 Å². The molecule has 1 rings (SSSR count). The van der Waals surface area contributed by atoms with E-state index >= 15 is 0 Å². The lowest BCUT2D eigenvalue weighted by Crippen LogP contribution is -2.23. The molecular weight excluding hydrogens is 129 g/mol. The zero-order valence-corrected chi connectivity index (χ0v) is 6.97. The van der Waals surface area contributed by atoms with Crippen LogP contribution in [0.25, 0.3) is 0 Å². The average Bonchev–Trinajstić information content (AvgIpc) is 2.15. The van der Waals surface area contributed by atoms with Crippen LogP contribution in [-0.2, 0) is 0 Å². The summed E-state index contributed by atoms with van der Waals surface area (Å²) in [6, 6.07) is 0. The fourth-order valence-corrected chi connectivity index (χ4v) is 1.48. The van der Waals surface area contributed by atoms with Gasteiger partial charge in [0.1, 0.15) is 0 Å². The number of hydrogen-bond acceptors (Lipinski definition) is 1. The Balaban J connectivity index is 0.000000810. The zero-order valence-electron chi connectivity index (χ0n) is 6.97. The van der Waals surface area contributed by atoms with Gasteiger partial charge in [-0.15, -0.1) is 0 Å². The summed E-state index contributed by atoms with van der Waals surface area (Å²) in [5.74, 6) is 0.850. The lowest BCUT2D eigenvalue weighted by molar-refractivity contribution is 0.298. The van der Waals surface area contributed by atoms with Crippen molar-refractivity contribution < 1.29 is 4.70 Å². The molecule has 2 heteroatoms. The summed E-state index contributed by atoms with van der Waals surface area (Å²) in [5, 5.41) is 0. The van der Waals surface area contributed by atoms with Crippen molar-refractivity contribution in [1.82, 2.24) is 4.90 Å². The molecule has 0 unspecified atom stereocenters. The molecular formula is C8H18FN. The van der Waals surface area contributed by atoms with E-state index in [0.717, 1.165) is 5.92 Å². The van der Waals surface area contributed by atoms with Crippen LogP contribution >= 0.6 is 0 Å². The van der Waals surface area contributed by atoms with Gasteiger partial charge < -0.3 is 4.90 Å². The van der Waals surface area contributed by atoms with Gasteiger partial charge in [0.2, 0.25) is 0 Å². The van der Waals surface area contributed by atoms with Gasteiger partial charge in [0.15, 0.2) is 0 Å². The topological polar surface area (TPSA) is 3.24 Å². The third kappa shape index (κ3) is 3.16. The van der Waals surface area contributed by atoms with Crippen LogP contribution in [0.2, 0.25) is 0 Å². The van der Waals surface area contributed by atoms with Crippen LogP contribution < -0.4 is 0 Å². The van der Waals surface area contributed by atoms with Crippen molar-refractivity contribution in [1.29, 1.82) is 0 Å². The standard InChI is InChI=1S/C8H17N.FH/c1-8(2)7-9-5-3-4-6-9;/h8H,3-7H2,1-2H3;1H. The summed E-state index contributed by atoms with van der Waals surface area (Å²) in [4.78, 5) is 2.56. The second-order valence-electron chi connectivity index (χ2n) is 3.40. The van der Waals surface area contributed by atoms with E-state index in [4.69, 9.17) is 0 Å². The van der Waals surface area contributed by atoms with Crippen LogP contribution in [0.15, 0.2) is 0 Å². The molecule has 0 amide bonds. The quantitative estimate of drug-likeness (QED) is 0.576. The molecule has 0 aromatic heterocycles. The van der Waals surface area contributed by atoms with E-state index in [-0.39, 0.29) is 4.70 Å². The Morgan fingerprint density at radius 2 is 1.70 bits per heavy atom. The number of hydrogen-bond donors (Lipinski definition) is 0. The molecule has 1 fully saturated rings. The zero-order chi connectivity index (χ0) is 6.69. The second kappa shape index (κ2) is 4.67. The van der Waals surface area contributed by atoms with E-state index in [9.17, 15) is 0 Å². The monoisotopic (exact) mass is 147 g/mol. The van der Waals surface area contributed by atoms with Crippen molar-refractivity contribution in [3.05, 3.63) is 0 Å². The molecule has 0 bridgehead atoms.